The molecule has 0 aliphatic carbocycles. The van der Waals surface area contributed by atoms with Gasteiger partial charge in [0.25, 0.3) is 5.92 Å². The zero-order valence-electron chi connectivity index (χ0n) is 15.8. The zero-order valence-corrected chi connectivity index (χ0v) is 16.6. The summed E-state index contributed by atoms with van der Waals surface area (Å²) in [5, 5.41) is 8.35. The Morgan fingerprint density at radius 3 is 2.67 bits per heavy atom. The number of hydrogen-bond acceptors (Lipinski definition) is 3. The van der Waals surface area contributed by atoms with E-state index in [0.29, 0.717) is 10.6 Å². The maximum Gasteiger partial charge on any atom is 0.267 e. The molecule has 1 amide bonds. The first-order chi connectivity index (χ1) is 14.3. The van der Waals surface area contributed by atoms with E-state index in [1.54, 1.807) is 41.0 Å². The summed E-state index contributed by atoms with van der Waals surface area (Å²) in [5.74, 6) is -3.55. The molecular formula is C21H18ClF3N4O. The van der Waals surface area contributed by atoms with Crippen LogP contribution in [0.15, 0.2) is 54.9 Å². The van der Waals surface area contributed by atoms with Gasteiger partial charge in [-0.2, -0.15) is 0 Å². The molecule has 1 fully saturated rings. The van der Waals surface area contributed by atoms with Crippen molar-refractivity contribution in [3.63, 3.8) is 0 Å². The normalized spacial score (nSPS) is 18.0. The Morgan fingerprint density at radius 2 is 1.93 bits per heavy atom. The fourth-order valence-electron chi connectivity index (χ4n) is 3.66. The lowest BCUT2D eigenvalue weighted by Gasteiger charge is -2.24. The second-order valence-electron chi connectivity index (χ2n) is 7.35. The molecule has 0 unspecified atom stereocenters. The summed E-state index contributed by atoms with van der Waals surface area (Å²) in [5.41, 5.74) is 1.41. The molecule has 0 saturated carbocycles. The summed E-state index contributed by atoms with van der Waals surface area (Å²) in [4.78, 5) is 14.0. The summed E-state index contributed by atoms with van der Waals surface area (Å²) in [6.45, 7) is -0.401. The smallest absolute Gasteiger partial charge is 0.267 e. The van der Waals surface area contributed by atoms with E-state index in [1.807, 2.05) is 0 Å². The molecule has 0 N–H and O–H groups in total. The molecule has 4 rings (SSSR count). The van der Waals surface area contributed by atoms with Crippen LogP contribution in [0, 0.1) is 5.82 Å². The van der Waals surface area contributed by atoms with Crippen LogP contribution >= 0.6 is 11.6 Å². The van der Waals surface area contributed by atoms with Crippen LogP contribution in [0.2, 0.25) is 5.02 Å². The van der Waals surface area contributed by atoms with Gasteiger partial charge in [-0.15, -0.1) is 10.2 Å². The Balaban J connectivity index is 1.58. The third-order valence-corrected chi connectivity index (χ3v) is 5.28. The molecule has 1 atom stereocenters. The highest BCUT2D eigenvalue weighted by Crippen LogP contribution is 2.40. The Kier molecular flexibility index (Phi) is 5.51. The van der Waals surface area contributed by atoms with Gasteiger partial charge in [0.2, 0.25) is 5.91 Å². The molecule has 0 radical (unpaired) electrons. The second kappa shape index (κ2) is 8.10. The highest BCUT2D eigenvalue weighted by atomic mass is 35.5. The molecular weight excluding hydrogens is 417 g/mol. The first kappa shape index (κ1) is 20.4. The Bertz CT molecular complexity index is 1050. The molecule has 9 heteroatoms. The Hall–Kier alpha value is -2.87. The van der Waals surface area contributed by atoms with Crippen LogP contribution in [0.1, 0.15) is 29.4 Å². The SMILES string of the molecule is O=C(Cc1cccc(Cl)c1)N1CC(F)(F)C[C@H]1c1nncn1Cc1ccc(F)cc1. The van der Waals surface area contributed by atoms with Gasteiger partial charge in [0.15, 0.2) is 5.82 Å². The summed E-state index contributed by atoms with van der Waals surface area (Å²) in [6.07, 6.45) is 0.852. The van der Waals surface area contributed by atoms with Crippen LogP contribution in [0.5, 0.6) is 0 Å². The average Bonchev–Trinajstić information content (AvgIpc) is 3.27. The number of alkyl halides is 2. The maximum atomic E-state index is 14.3. The van der Waals surface area contributed by atoms with E-state index in [9.17, 15) is 18.0 Å². The minimum Gasteiger partial charge on any atom is -0.326 e. The molecule has 1 aliphatic heterocycles. The van der Waals surface area contributed by atoms with Crippen molar-refractivity contribution in [3.05, 3.63) is 82.6 Å². The van der Waals surface area contributed by atoms with Crippen molar-refractivity contribution in [2.75, 3.05) is 6.54 Å². The fourth-order valence-corrected chi connectivity index (χ4v) is 3.88. The van der Waals surface area contributed by atoms with Gasteiger partial charge in [0, 0.05) is 11.4 Å². The molecule has 1 aromatic heterocycles. The van der Waals surface area contributed by atoms with E-state index in [0.717, 1.165) is 10.5 Å². The number of likely N-dealkylation sites (tertiary alicyclic amines) is 1. The predicted molar refractivity (Wildman–Crippen MR) is 105 cm³/mol. The van der Waals surface area contributed by atoms with Gasteiger partial charge in [-0.25, -0.2) is 13.2 Å². The van der Waals surface area contributed by atoms with Crippen molar-refractivity contribution >= 4 is 17.5 Å². The van der Waals surface area contributed by atoms with E-state index in [4.69, 9.17) is 11.6 Å². The van der Waals surface area contributed by atoms with Crippen molar-refractivity contribution in [1.29, 1.82) is 0 Å². The lowest BCUT2D eigenvalue weighted by molar-refractivity contribution is -0.132. The first-order valence-corrected chi connectivity index (χ1v) is 9.72. The quantitative estimate of drug-likeness (QED) is 0.602. The van der Waals surface area contributed by atoms with E-state index >= 15 is 0 Å². The van der Waals surface area contributed by atoms with E-state index < -0.39 is 30.8 Å². The number of benzene rings is 2. The number of rotatable bonds is 5. The van der Waals surface area contributed by atoms with Gasteiger partial charge in [-0.1, -0.05) is 35.9 Å². The van der Waals surface area contributed by atoms with Crippen LogP contribution in [-0.2, 0) is 17.8 Å². The minimum atomic E-state index is -3.03. The molecule has 0 spiro atoms. The Morgan fingerprint density at radius 1 is 1.17 bits per heavy atom. The van der Waals surface area contributed by atoms with Crippen LogP contribution in [0.4, 0.5) is 13.2 Å². The van der Waals surface area contributed by atoms with Crippen LogP contribution < -0.4 is 0 Å². The lowest BCUT2D eigenvalue weighted by atomic mass is 10.1. The largest absolute Gasteiger partial charge is 0.326 e. The number of halogens is 4. The molecule has 1 aliphatic rings. The minimum absolute atomic E-state index is 0.0424. The van der Waals surface area contributed by atoms with Crippen LogP contribution in [0.25, 0.3) is 0 Å². The average molecular weight is 435 g/mol. The molecule has 2 heterocycles. The molecule has 3 aromatic rings. The van der Waals surface area contributed by atoms with Gasteiger partial charge in [0.1, 0.15) is 12.1 Å². The highest BCUT2D eigenvalue weighted by Gasteiger charge is 2.49. The molecule has 156 valence electrons. The Labute approximate surface area is 176 Å². The summed E-state index contributed by atoms with van der Waals surface area (Å²) in [6, 6.07) is 11.7. The van der Waals surface area contributed by atoms with Gasteiger partial charge >= 0.3 is 0 Å². The van der Waals surface area contributed by atoms with Gasteiger partial charge in [-0.05, 0) is 35.4 Å². The number of aromatic nitrogens is 3. The van der Waals surface area contributed by atoms with Crippen LogP contribution in [0.3, 0.4) is 0 Å². The molecule has 2 aromatic carbocycles. The van der Waals surface area contributed by atoms with E-state index in [2.05, 4.69) is 10.2 Å². The molecule has 5 nitrogen and oxygen atoms in total. The predicted octanol–water partition coefficient (Wildman–Crippen LogP) is 4.27. The number of amides is 1. The number of carbonyl (C=O) groups excluding carboxylic acids is 1. The number of carbonyl (C=O) groups is 1. The van der Waals surface area contributed by atoms with E-state index in [-0.39, 0.29) is 24.6 Å². The van der Waals surface area contributed by atoms with E-state index in [1.165, 1.54) is 18.5 Å². The number of nitrogens with zero attached hydrogens (tertiary/aromatic N) is 4. The third kappa shape index (κ3) is 4.48. The monoisotopic (exact) mass is 434 g/mol. The fraction of sp³-hybridized carbons (Fsp3) is 0.286. The summed E-state index contributed by atoms with van der Waals surface area (Å²) < 4.78 is 43.3. The van der Waals surface area contributed by atoms with Gasteiger partial charge in [0.05, 0.1) is 25.6 Å². The van der Waals surface area contributed by atoms with Gasteiger partial charge in [-0.3, -0.25) is 4.79 Å². The van der Waals surface area contributed by atoms with Crippen molar-refractivity contribution in [2.45, 2.75) is 31.4 Å². The molecule has 30 heavy (non-hydrogen) atoms. The summed E-state index contributed by atoms with van der Waals surface area (Å²) in [7, 11) is 0. The summed E-state index contributed by atoms with van der Waals surface area (Å²) >= 11 is 5.96. The van der Waals surface area contributed by atoms with Gasteiger partial charge < -0.3 is 9.47 Å². The number of hydrogen-bond donors (Lipinski definition) is 0. The maximum absolute atomic E-state index is 14.3. The topological polar surface area (TPSA) is 51.0 Å². The van der Waals surface area contributed by atoms with Crippen molar-refractivity contribution in [2.24, 2.45) is 0 Å². The molecule has 1 saturated heterocycles. The highest BCUT2D eigenvalue weighted by molar-refractivity contribution is 6.30. The van der Waals surface area contributed by atoms with Crippen molar-refractivity contribution < 1.29 is 18.0 Å². The first-order valence-electron chi connectivity index (χ1n) is 9.35. The standard InChI is InChI=1S/C21H18ClF3N4O/c22-16-3-1-2-15(8-16)9-19(30)29-12-21(24,25)10-18(29)20-27-26-13-28(20)11-14-4-6-17(23)7-5-14/h1-8,13,18H,9-12H2/t18-/m0/s1. The second-order valence-corrected chi connectivity index (χ2v) is 7.78. The van der Waals surface area contributed by atoms with Crippen molar-refractivity contribution in [1.82, 2.24) is 19.7 Å². The van der Waals surface area contributed by atoms with Crippen LogP contribution in [-0.4, -0.2) is 38.0 Å². The van der Waals surface area contributed by atoms with Crippen molar-refractivity contribution in [3.8, 4) is 0 Å². The molecule has 0 bridgehead atoms. The zero-order chi connectivity index (χ0) is 21.3. The lowest BCUT2D eigenvalue weighted by Crippen LogP contribution is -2.35. The third-order valence-electron chi connectivity index (χ3n) is 5.04.